The number of nitrogens with zero attached hydrogens (tertiary/aromatic N) is 2. The first-order valence-electron chi connectivity index (χ1n) is 3.93. The Morgan fingerprint density at radius 3 is 2.82 bits per heavy atom. The number of ether oxygens (including phenoxy) is 1. The maximum atomic E-state index is 5.34. The minimum absolute atomic E-state index is 0.189. The van der Waals surface area contributed by atoms with Crippen molar-refractivity contribution in [1.82, 2.24) is 0 Å². The number of hydrogen-bond donors (Lipinski definition) is 0. The average molecular weight is 154 g/mol. The summed E-state index contributed by atoms with van der Waals surface area (Å²) in [5, 5.41) is 0. The van der Waals surface area contributed by atoms with E-state index in [1.165, 1.54) is 0 Å². The van der Waals surface area contributed by atoms with Crippen molar-refractivity contribution in [2.75, 3.05) is 6.54 Å². The van der Waals surface area contributed by atoms with Gasteiger partial charge in [-0.1, -0.05) is 0 Å². The quantitative estimate of drug-likeness (QED) is 0.560. The van der Waals surface area contributed by atoms with Crippen molar-refractivity contribution in [1.29, 1.82) is 0 Å². The summed E-state index contributed by atoms with van der Waals surface area (Å²) in [6, 6.07) is 0.314. The third kappa shape index (κ3) is 2.70. The maximum absolute atomic E-state index is 5.34. The van der Waals surface area contributed by atoms with Gasteiger partial charge in [0.1, 0.15) is 0 Å². The van der Waals surface area contributed by atoms with Crippen LogP contribution in [-0.4, -0.2) is 30.8 Å². The third-order valence-corrected chi connectivity index (χ3v) is 1.31. The van der Waals surface area contributed by atoms with E-state index in [-0.39, 0.29) is 6.10 Å². The average Bonchev–Trinajstić information content (AvgIpc) is 1.93. The van der Waals surface area contributed by atoms with Gasteiger partial charge in [-0.2, -0.15) is 0 Å². The fourth-order valence-electron chi connectivity index (χ4n) is 0.810. The molecule has 0 saturated heterocycles. The van der Waals surface area contributed by atoms with Gasteiger partial charge in [0.15, 0.2) is 0 Å². The molecule has 0 aromatic rings. The van der Waals surface area contributed by atoms with Crippen LogP contribution in [0.15, 0.2) is 9.98 Å². The largest absolute Gasteiger partial charge is 0.474 e. The van der Waals surface area contributed by atoms with Crippen LogP contribution in [0.3, 0.4) is 0 Å². The van der Waals surface area contributed by atoms with Gasteiger partial charge in [-0.15, -0.1) is 0 Å². The molecule has 1 aliphatic heterocycles. The van der Waals surface area contributed by atoms with Crippen LogP contribution in [0.1, 0.15) is 20.8 Å². The monoisotopic (exact) mass is 154 g/mol. The summed E-state index contributed by atoms with van der Waals surface area (Å²) in [5.41, 5.74) is 0. The summed E-state index contributed by atoms with van der Waals surface area (Å²) in [7, 11) is 0. The van der Waals surface area contributed by atoms with Gasteiger partial charge < -0.3 is 4.74 Å². The van der Waals surface area contributed by atoms with Gasteiger partial charge in [0.25, 0.3) is 0 Å². The summed E-state index contributed by atoms with van der Waals surface area (Å²) in [4.78, 5) is 8.38. The van der Waals surface area contributed by atoms with Crippen LogP contribution in [0, 0.1) is 0 Å². The smallest absolute Gasteiger partial charge is 0.227 e. The Hall–Kier alpha value is -0.860. The van der Waals surface area contributed by atoms with E-state index in [1.54, 1.807) is 6.21 Å². The Kier molecular flexibility index (Phi) is 2.63. The van der Waals surface area contributed by atoms with Crippen molar-refractivity contribution < 1.29 is 4.74 Å². The van der Waals surface area contributed by atoms with Crippen LogP contribution in [0.5, 0.6) is 0 Å². The van der Waals surface area contributed by atoms with Crippen molar-refractivity contribution in [3.8, 4) is 0 Å². The minimum Gasteiger partial charge on any atom is -0.474 e. The highest BCUT2D eigenvalue weighted by Crippen LogP contribution is 1.99. The molecule has 3 heteroatoms. The Labute approximate surface area is 67.2 Å². The Morgan fingerprint density at radius 2 is 2.36 bits per heavy atom. The zero-order chi connectivity index (χ0) is 8.27. The molecular formula is C8H14N2O. The van der Waals surface area contributed by atoms with Gasteiger partial charge in [0.2, 0.25) is 5.90 Å². The van der Waals surface area contributed by atoms with Crippen molar-refractivity contribution in [3.05, 3.63) is 0 Å². The van der Waals surface area contributed by atoms with Crippen LogP contribution in [-0.2, 0) is 4.74 Å². The Balaban J connectivity index is 2.43. The van der Waals surface area contributed by atoms with Crippen molar-refractivity contribution in [3.63, 3.8) is 0 Å². The molecule has 0 N–H and O–H groups in total. The second-order valence-electron chi connectivity index (χ2n) is 2.97. The minimum atomic E-state index is 0.189. The Bertz CT molecular complexity index is 185. The zero-order valence-corrected chi connectivity index (χ0v) is 7.24. The normalized spacial score (nSPS) is 23.6. The van der Waals surface area contributed by atoms with Gasteiger partial charge in [0, 0.05) is 0 Å². The van der Waals surface area contributed by atoms with Crippen LogP contribution in [0.25, 0.3) is 0 Å². The molecule has 0 saturated carbocycles. The highest BCUT2D eigenvalue weighted by Gasteiger charge is 2.07. The lowest BCUT2D eigenvalue weighted by molar-refractivity contribution is 0.232. The van der Waals surface area contributed by atoms with Gasteiger partial charge >= 0.3 is 0 Å². The molecule has 1 rings (SSSR count). The fourth-order valence-corrected chi connectivity index (χ4v) is 0.810. The predicted molar refractivity (Wildman–Crippen MR) is 46.5 cm³/mol. The molecule has 3 nitrogen and oxygen atoms in total. The Morgan fingerprint density at radius 1 is 1.64 bits per heavy atom. The van der Waals surface area contributed by atoms with E-state index >= 15 is 0 Å². The summed E-state index contributed by atoms with van der Waals surface area (Å²) in [6.45, 7) is 6.74. The molecule has 62 valence electrons. The van der Waals surface area contributed by atoms with E-state index in [0.717, 1.165) is 6.54 Å². The standard InChI is InChI=1S/C8H14N2O/c1-6(2)11-8-5-9-7(3)4-10-8/h5-7H,4H2,1-3H3. The first kappa shape index (κ1) is 8.24. The first-order valence-corrected chi connectivity index (χ1v) is 3.93. The molecule has 0 aromatic carbocycles. The maximum Gasteiger partial charge on any atom is 0.227 e. The molecule has 0 aliphatic carbocycles. The van der Waals surface area contributed by atoms with Crippen molar-refractivity contribution in [2.24, 2.45) is 9.98 Å². The van der Waals surface area contributed by atoms with E-state index in [2.05, 4.69) is 9.98 Å². The van der Waals surface area contributed by atoms with E-state index in [0.29, 0.717) is 11.9 Å². The van der Waals surface area contributed by atoms with E-state index < -0.39 is 0 Å². The second kappa shape index (κ2) is 3.51. The SMILES string of the molecule is CC1CN=C(OC(C)C)C=N1. The van der Waals surface area contributed by atoms with Crippen LogP contribution >= 0.6 is 0 Å². The predicted octanol–water partition coefficient (Wildman–Crippen LogP) is 1.28. The lowest BCUT2D eigenvalue weighted by Gasteiger charge is -2.13. The molecule has 0 radical (unpaired) electrons. The first-order chi connectivity index (χ1) is 5.18. The van der Waals surface area contributed by atoms with Crippen molar-refractivity contribution >= 4 is 12.1 Å². The highest BCUT2D eigenvalue weighted by atomic mass is 16.5. The van der Waals surface area contributed by atoms with Gasteiger partial charge in [-0.25, -0.2) is 4.99 Å². The highest BCUT2D eigenvalue weighted by molar-refractivity contribution is 6.26. The topological polar surface area (TPSA) is 34.0 Å². The fraction of sp³-hybridized carbons (Fsp3) is 0.750. The van der Waals surface area contributed by atoms with E-state index in [9.17, 15) is 0 Å². The number of hydrogen-bond acceptors (Lipinski definition) is 3. The summed E-state index contributed by atoms with van der Waals surface area (Å²) in [6.07, 6.45) is 1.89. The third-order valence-electron chi connectivity index (χ3n) is 1.31. The molecule has 0 aromatic heterocycles. The van der Waals surface area contributed by atoms with Crippen molar-refractivity contribution in [2.45, 2.75) is 32.9 Å². The second-order valence-corrected chi connectivity index (χ2v) is 2.97. The van der Waals surface area contributed by atoms with E-state index in [1.807, 2.05) is 20.8 Å². The van der Waals surface area contributed by atoms with Crippen LogP contribution in [0.2, 0.25) is 0 Å². The van der Waals surface area contributed by atoms with Gasteiger partial charge in [-0.05, 0) is 20.8 Å². The molecule has 1 atom stereocenters. The molecule has 1 unspecified atom stereocenters. The molecule has 1 heterocycles. The molecule has 1 aliphatic rings. The summed E-state index contributed by atoms with van der Waals surface area (Å²) in [5.74, 6) is 0.665. The van der Waals surface area contributed by atoms with Crippen LogP contribution < -0.4 is 0 Å². The zero-order valence-electron chi connectivity index (χ0n) is 7.24. The molecule has 11 heavy (non-hydrogen) atoms. The molecule has 0 bridgehead atoms. The lowest BCUT2D eigenvalue weighted by atomic mass is 10.3. The molecule has 0 amide bonds. The molecular weight excluding hydrogens is 140 g/mol. The summed E-state index contributed by atoms with van der Waals surface area (Å²) >= 11 is 0. The molecule has 0 spiro atoms. The van der Waals surface area contributed by atoms with Gasteiger partial charge in [-0.3, -0.25) is 4.99 Å². The lowest BCUT2D eigenvalue weighted by Crippen LogP contribution is -2.20. The summed E-state index contributed by atoms with van der Waals surface area (Å²) < 4.78 is 5.34. The van der Waals surface area contributed by atoms with Crippen LogP contribution in [0.4, 0.5) is 0 Å². The van der Waals surface area contributed by atoms with E-state index in [4.69, 9.17) is 4.74 Å². The number of aliphatic imine (C=N–C) groups is 2. The number of rotatable bonds is 1. The van der Waals surface area contributed by atoms with Gasteiger partial charge in [0.05, 0.1) is 24.9 Å². The molecule has 0 fully saturated rings.